The van der Waals surface area contributed by atoms with E-state index in [1.807, 2.05) is 0 Å². The molecule has 1 aromatic rings. The van der Waals surface area contributed by atoms with E-state index in [1.165, 1.54) is 26.2 Å². The molecule has 3 N–H and O–H groups in total. The molecular weight excluding hydrogens is 348 g/mol. The minimum Gasteiger partial charge on any atom is -0.504 e. The number of ether oxygens (including phenoxy) is 4. The van der Waals surface area contributed by atoms with Crippen molar-refractivity contribution in [3.63, 3.8) is 0 Å². The van der Waals surface area contributed by atoms with Gasteiger partial charge in [0.25, 0.3) is 0 Å². The molecular formula is C17H22O9. The zero-order valence-electron chi connectivity index (χ0n) is 14.6. The Kier molecular flexibility index (Phi) is 6.41. The quantitative estimate of drug-likeness (QED) is 0.615. The maximum absolute atomic E-state index is 11.3. The Morgan fingerprint density at radius 2 is 1.85 bits per heavy atom. The molecule has 1 fully saturated rings. The van der Waals surface area contributed by atoms with E-state index in [1.54, 1.807) is 6.07 Å². The van der Waals surface area contributed by atoms with Gasteiger partial charge in [-0.15, -0.1) is 0 Å². The van der Waals surface area contributed by atoms with Crippen LogP contribution in [0, 0.1) is 0 Å². The smallest absolute Gasteiger partial charge is 0.303 e. The fourth-order valence-corrected chi connectivity index (χ4v) is 2.77. The topological polar surface area (TPSA) is 132 Å². The predicted octanol–water partition coefficient (Wildman–Crippen LogP) is 0.0573. The number of hydrogen-bond donors (Lipinski definition) is 3. The van der Waals surface area contributed by atoms with E-state index in [9.17, 15) is 24.9 Å². The van der Waals surface area contributed by atoms with Gasteiger partial charge in [-0.25, -0.2) is 0 Å². The molecule has 9 nitrogen and oxygen atoms in total. The van der Waals surface area contributed by atoms with Crippen LogP contribution < -0.4 is 4.74 Å². The SMILES string of the molecule is COc1ccc([C@H]2O[C@H](COC(C)=O)[C@H](OC(C)=O)[C@H](O)[C@@H]2O)cc1O. The second-order valence-corrected chi connectivity index (χ2v) is 5.88. The van der Waals surface area contributed by atoms with Crippen molar-refractivity contribution in [1.29, 1.82) is 0 Å². The highest BCUT2D eigenvalue weighted by Crippen LogP contribution is 2.37. The number of aliphatic hydroxyl groups is 2. The molecule has 26 heavy (non-hydrogen) atoms. The molecule has 1 aliphatic heterocycles. The molecule has 1 saturated heterocycles. The van der Waals surface area contributed by atoms with Crippen molar-refractivity contribution in [3.05, 3.63) is 23.8 Å². The number of hydrogen-bond acceptors (Lipinski definition) is 9. The lowest BCUT2D eigenvalue weighted by Crippen LogP contribution is -2.57. The number of carbonyl (C=O) groups is 2. The van der Waals surface area contributed by atoms with Crippen LogP contribution in [-0.2, 0) is 23.8 Å². The largest absolute Gasteiger partial charge is 0.504 e. The van der Waals surface area contributed by atoms with Crippen molar-refractivity contribution in [2.45, 2.75) is 44.4 Å². The summed E-state index contributed by atoms with van der Waals surface area (Å²) in [5, 5.41) is 30.7. The fraction of sp³-hybridized carbons (Fsp3) is 0.529. The number of phenolic OH excluding ortho intramolecular Hbond substituents is 1. The van der Waals surface area contributed by atoms with Gasteiger partial charge in [-0.1, -0.05) is 6.07 Å². The number of rotatable bonds is 5. The number of aromatic hydroxyl groups is 1. The van der Waals surface area contributed by atoms with Crippen LogP contribution in [0.15, 0.2) is 18.2 Å². The van der Waals surface area contributed by atoms with E-state index in [0.29, 0.717) is 5.56 Å². The van der Waals surface area contributed by atoms with Gasteiger partial charge < -0.3 is 34.3 Å². The lowest BCUT2D eigenvalue weighted by molar-refractivity contribution is -0.242. The average molecular weight is 370 g/mol. The summed E-state index contributed by atoms with van der Waals surface area (Å²) in [6, 6.07) is 4.36. The first-order chi connectivity index (χ1) is 12.2. The first kappa shape index (κ1) is 20.0. The van der Waals surface area contributed by atoms with Crippen LogP contribution in [0.1, 0.15) is 25.5 Å². The van der Waals surface area contributed by atoms with Crippen LogP contribution in [0.5, 0.6) is 11.5 Å². The molecule has 1 aromatic carbocycles. The maximum Gasteiger partial charge on any atom is 0.303 e. The number of aliphatic hydroxyl groups excluding tert-OH is 2. The van der Waals surface area contributed by atoms with Crippen LogP contribution >= 0.6 is 0 Å². The summed E-state index contributed by atoms with van der Waals surface area (Å²) in [5.74, 6) is -1.20. The third kappa shape index (κ3) is 4.43. The van der Waals surface area contributed by atoms with E-state index in [4.69, 9.17) is 18.9 Å². The summed E-state index contributed by atoms with van der Waals surface area (Å²) in [6.07, 6.45) is -6.20. The van der Waals surface area contributed by atoms with Crippen molar-refractivity contribution in [2.24, 2.45) is 0 Å². The van der Waals surface area contributed by atoms with E-state index in [2.05, 4.69) is 0 Å². The van der Waals surface area contributed by atoms with Crippen LogP contribution in [-0.4, -0.2) is 65.4 Å². The number of benzene rings is 1. The summed E-state index contributed by atoms with van der Waals surface area (Å²) in [4.78, 5) is 22.4. The Balaban J connectivity index is 2.29. The Morgan fingerprint density at radius 3 is 2.38 bits per heavy atom. The zero-order valence-corrected chi connectivity index (χ0v) is 14.6. The van der Waals surface area contributed by atoms with Crippen molar-refractivity contribution >= 4 is 11.9 Å². The second kappa shape index (κ2) is 8.35. The lowest BCUT2D eigenvalue weighted by Gasteiger charge is -2.42. The number of methoxy groups -OCH3 is 1. The first-order valence-electron chi connectivity index (χ1n) is 7.93. The minimum absolute atomic E-state index is 0.172. The highest BCUT2D eigenvalue weighted by atomic mass is 16.6. The summed E-state index contributed by atoms with van der Waals surface area (Å²) < 4.78 is 20.6. The zero-order chi connectivity index (χ0) is 19.4. The van der Waals surface area contributed by atoms with Gasteiger partial charge in [-0.05, 0) is 17.7 Å². The number of carbonyl (C=O) groups excluding carboxylic acids is 2. The third-order valence-corrected chi connectivity index (χ3v) is 3.97. The van der Waals surface area contributed by atoms with Crippen LogP contribution in [0.3, 0.4) is 0 Å². The highest BCUT2D eigenvalue weighted by Gasteiger charge is 2.47. The van der Waals surface area contributed by atoms with Crippen LogP contribution in [0.4, 0.5) is 0 Å². The van der Waals surface area contributed by atoms with Crippen molar-refractivity contribution in [1.82, 2.24) is 0 Å². The third-order valence-electron chi connectivity index (χ3n) is 3.97. The molecule has 9 heteroatoms. The highest BCUT2D eigenvalue weighted by molar-refractivity contribution is 5.66. The molecule has 0 amide bonds. The average Bonchev–Trinajstić information content (AvgIpc) is 2.57. The molecule has 144 valence electrons. The standard InChI is InChI=1S/C17H22O9/c1-8(18)24-7-13-17(25-9(2)19)15(22)14(21)16(26-13)10-4-5-12(23-3)11(20)6-10/h4-6,13-17,20-22H,7H2,1-3H3/t13-,14+,15-,16-,17+/m1/s1. The molecule has 5 atom stereocenters. The van der Waals surface area contributed by atoms with Gasteiger partial charge in [0, 0.05) is 13.8 Å². The van der Waals surface area contributed by atoms with E-state index in [0.717, 1.165) is 6.92 Å². The lowest BCUT2D eigenvalue weighted by atomic mass is 9.91. The van der Waals surface area contributed by atoms with Crippen LogP contribution in [0.2, 0.25) is 0 Å². The molecule has 0 saturated carbocycles. The van der Waals surface area contributed by atoms with Crippen molar-refractivity contribution < 1.29 is 43.9 Å². The van der Waals surface area contributed by atoms with Gasteiger partial charge in [-0.3, -0.25) is 9.59 Å². The Labute approximate surface area is 150 Å². The summed E-state index contributed by atoms with van der Waals surface area (Å²) in [7, 11) is 1.39. The molecule has 2 rings (SSSR count). The number of phenols is 1. The van der Waals surface area contributed by atoms with Crippen LogP contribution in [0.25, 0.3) is 0 Å². The van der Waals surface area contributed by atoms with Crippen molar-refractivity contribution in [3.8, 4) is 11.5 Å². The maximum atomic E-state index is 11.3. The van der Waals surface area contributed by atoms with Gasteiger partial charge in [0.05, 0.1) is 7.11 Å². The molecule has 0 radical (unpaired) electrons. The van der Waals surface area contributed by atoms with Gasteiger partial charge in [0.2, 0.25) is 0 Å². The van der Waals surface area contributed by atoms with Gasteiger partial charge in [0.15, 0.2) is 17.6 Å². The summed E-state index contributed by atoms with van der Waals surface area (Å²) >= 11 is 0. The summed E-state index contributed by atoms with van der Waals surface area (Å²) in [6.45, 7) is 2.07. The Bertz CT molecular complexity index is 660. The predicted molar refractivity (Wildman–Crippen MR) is 86.5 cm³/mol. The first-order valence-corrected chi connectivity index (χ1v) is 7.93. The molecule has 0 spiro atoms. The molecule has 0 aromatic heterocycles. The molecule has 1 aliphatic rings. The fourth-order valence-electron chi connectivity index (χ4n) is 2.77. The van der Waals surface area contributed by atoms with E-state index in [-0.39, 0.29) is 18.1 Å². The Hall–Kier alpha value is -2.36. The second-order valence-electron chi connectivity index (χ2n) is 5.88. The normalized spacial score (nSPS) is 28.3. The van der Waals surface area contributed by atoms with Crippen molar-refractivity contribution in [2.75, 3.05) is 13.7 Å². The van der Waals surface area contributed by atoms with Gasteiger partial charge in [-0.2, -0.15) is 0 Å². The number of esters is 2. The minimum atomic E-state index is -1.48. The Morgan fingerprint density at radius 1 is 1.15 bits per heavy atom. The monoisotopic (exact) mass is 370 g/mol. The molecule has 0 unspecified atom stereocenters. The molecule has 0 aliphatic carbocycles. The van der Waals surface area contributed by atoms with E-state index < -0.39 is 42.5 Å². The molecule has 0 bridgehead atoms. The summed E-state index contributed by atoms with van der Waals surface area (Å²) in [5.41, 5.74) is 0.365. The van der Waals surface area contributed by atoms with Gasteiger partial charge in [0.1, 0.15) is 31.0 Å². The van der Waals surface area contributed by atoms with Gasteiger partial charge >= 0.3 is 11.9 Å². The van der Waals surface area contributed by atoms with E-state index >= 15 is 0 Å². The molecule has 1 heterocycles.